The number of halogens is 2. The summed E-state index contributed by atoms with van der Waals surface area (Å²) >= 11 is 0. The van der Waals surface area contributed by atoms with Crippen molar-refractivity contribution >= 4 is 5.91 Å². The van der Waals surface area contributed by atoms with Crippen LogP contribution in [0.1, 0.15) is 36.0 Å². The minimum absolute atomic E-state index is 0.0320. The summed E-state index contributed by atoms with van der Waals surface area (Å²) in [6.45, 7) is 0.792. The number of carbonyl (C=O) groups is 1. The highest BCUT2D eigenvalue weighted by atomic mass is 19.1. The second kappa shape index (κ2) is 9.42. The third-order valence-corrected chi connectivity index (χ3v) is 6.09. The molecular formula is C23H22F2N6O2. The van der Waals surface area contributed by atoms with Crippen LogP contribution in [0.2, 0.25) is 0 Å². The molecule has 0 bridgehead atoms. The fourth-order valence-electron chi connectivity index (χ4n) is 4.01. The molecule has 1 aliphatic heterocycles. The van der Waals surface area contributed by atoms with E-state index in [0.29, 0.717) is 25.9 Å². The van der Waals surface area contributed by atoms with Crippen molar-refractivity contribution in [1.82, 2.24) is 25.1 Å². The van der Waals surface area contributed by atoms with Gasteiger partial charge in [-0.25, -0.2) is 13.5 Å². The lowest BCUT2D eigenvalue weighted by Gasteiger charge is -2.38. The molecule has 10 heteroatoms. The van der Waals surface area contributed by atoms with Gasteiger partial charge in [0, 0.05) is 13.1 Å². The Bertz CT molecular complexity index is 1170. The molecule has 0 unspecified atom stereocenters. The first-order valence-corrected chi connectivity index (χ1v) is 10.6. The first-order chi connectivity index (χ1) is 15.9. The Labute approximate surface area is 189 Å². The van der Waals surface area contributed by atoms with Gasteiger partial charge in [-0.3, -0.25) is 4.79 Å². The lowest BCUT2D eigenvalue weighted by atomic mass is 9.85. The summed E-state index contributed by atoms with van der Waals surface area (Å²) in [4.78, 5) is 14.4. The third kappa shape index (κ3) is 5.04. The van der Waals surface area contributed by atoms with Crippen molar-refractivity contribution in [2.75, 3.05) is 13.1 Å². The van der Waals surface area contributed by atoms with Gasteiger partial charge in [0.25, 0.3) is 0 Å². The van der Waals surface area contributed by atoms with E-state index in [4.69, 9.17) is 5.26 Å². The zero-order chi connectivity index (χ0) is 23.4. The van der Waals surface area contributed by atoms with E-state index in [-0.39, 0.29) is 30.7 Å². The Kier molecular flexibility index (Phi) is 6.42. The highest BCUT2D eigenvalue weighted by Gasteiger charge is 2.34. The van der Waals surface area contributed by atoms with Gasteiger partial charge in [-0.2, -0.15) is 5.26 Å². The van der Waals surface area contributed by atoms with Crippen LogP contribution in [-0.4, -0.2) is 54.8 Å². The number of benzene rings is 2. The van der Waals surface area contributed by atoms with Gasteiger partial charge in [0.1, 0.15) is 29.6 Å². The number of rotatable bonds is 6. The van der Waals surface area contributed by atoms with Crippen molar-refractivity contribution in [2.45, 2.75) is 37.7 Å². The molecule has 8 nitrogen and oxygen atoms in total. The van der Waals surface area contributed by atoms with Crippen LogP contribution in [0.4, 0.5) is 8.78 Å². The summed E-state index contributed by atoms with van der Waals surface area (Å²) in [7, 11) is 0. The number of tetrazole rings is 1. The lowest BCUT2D eigenvalue weighted by Crippen LogP contribution is -2.47. The normalized spacial score (nSPS) is 15.3. The number of likely N-dealkylation sites (tertiary alicyclic amines) is 1. The molecule has 0 radical (unpaired) electrons. The van der Waals surface area contributed by atoms with Gasteiger partial charge in [-0.05, 0) is 65.4 Å². The molecule has 2 heterocycles. The molecular weight excluding hydrogens is 430 g/mol. The molecule has 1 fully saturated rings. The lowest BCUT2D eigenvalue weighted by molar-refractivity contribution is -0.134. The number of aromatic nitrogens is 4. The molecule has 1 N–H and O–H groups in total. The first-order valence-electron chi connectivity index (χ1n) is 10.6. The molecule has 3 aromatic rings. The van der Waals surface area contributed by atoms with Crippen molar-refractivity contribution in [3.8, 4) is 11.8 Å². The molecule has 1 aromatic heterocycles. The fraction of sp³-hybridized carbons (Fsp3) is 0.348. The SMILES string of the molecule is N#Cc1c(F)ccc(CCC2(O)CCN(C(=O)Cc3ccc(-n4cnnn4)cc3)CC2)c1F. The van der Waals surface area contributed by atoms with Crippen molar-refractivity contribution in [3.63, 3.8) is 0 Å². The number of piperidine rings is 1. The predicted octanol–water partition coefficient (Wildman–Crippen LogP) is 2.34. The van der Waals surface area contributed by atoms with E-state index < -0.39 is 22.8 Å². The number of aryl methyl sites for hydroxylation is 1. The molecule has 0 atom stereocenters. The van der Waals surface area contributed by atoms with Crippen molar-refractivity contribution in [3.05, 3.63) is 71.1 Å². The largest absolute Gasteiger partial charge is 0.390 e. The predicted molar refractivity (Wildman–Crippen MR) is 113 cm³/mol. The molecule has 0 saturated carbocycles. The summed E-state index contributed by atoms with van der Waals surface area (Å²) in [5.41, 5.74) is 0.199. The van der Waals surface area contributed by atoms with Crippen LogP contribution in [0.5, 0.6) is 0 Å². The monoisotopic (exact) mass is 452 g/mol. The van der Waals surface area contributed by atoms with Gasteiger partial charge in [0.05, 0.1) is 17.7 Å². The zero-order valence-electron chi connectivity index (χ0n) is 17.8. The average Bonchev–Trinajstić information content (AvgIpc) is 3.35. The van der Waals surface area contributed by atoms with Crippen molar-refractivity contribution in [1.29, 1.82) is 5.26 Å². The molecule has 1 aliphatic rings. The van der Waals surface area contributed by atoms with Gasteiger partial charge < -0.3 is 10.0 Å². The molecule has 4 rings (SSSR count). The number of nitrogens with zero attached hydrogens (tertiary/aromatic N) is 6. The van der Waals surface area contributed by atoms with Crippen molar-refractivity contribution < 1.29 is 18.7 Å². The Morgan fingerprint density at radius 2 is 1.88 bits per heavy atom. The van der Waals surface area contributed by atoms with Gasteiger partial charge in [-0.1, -0.05) is 18.2 Å². The Morgan fingerprint density at radius 1 is 1.15 bits per heavy atom. The standard InChI is InChI=1S/C23H22F2N6O2/c24-20-6-3-17(22(25)19(20)14-26)7-8-23(33)9-11-30(12-10-23)21(32)13-16-1-4-18(5-2-16)31-15-27-28-29-31/h1-6,15,33H,7-13H2. The summed E-state index contributed by atoms with van der Waals surface area (Å²) in [6, 6.07) is 11.3. The number of carbonyl (C=O) groups excluding carboxylic acids is 1. The van der Waals surface area contributed by atoms with Crippen LogP contribution >= 0.6 is 0 Å². The highest BCUT2D eigenvalue weighted by Crippen LogP contribution is 2.29. The summed E-state index contributed by atoms with van der Waals surface area (Å²) in [6.07, 6.45) is 2.91. The second-order valence-electron chi connectivity index (χ2n) is 8.21. The zero-order valence-corrected chi connectivity index (χ0v) is 17.8. The Hall–Kier alpha value is -3.71. The van der Waals surface area contributed by atoms with Gasteiger partial charge in [-0.15, -0.1) is 5.10 Å². The molecule has 0 spiro atoms. The number of nitriles is 1. The van der Waals surface area contributed by atoms with Gasteiger partial charge in [0.15, 0.2) is 0 Å². The highest BCUT2D eigenvalue weighted by molar-refractivity contribution is 5.79. The van der Waals surface area contributed by atoms with Gasteiger partial charge in [0.2, 0.25) is 5.91 Å². The third-order valence-electron chi connectivity index (χ3n) is 6.09. The Balaban J connectivity index is 1.30. The summed E-state index contributed by atoms with van der Waals surface area (Å²) < 4.78 is 29.3. The number of hydrogen-bond donors (Lipinski definition) is 1. The minimum atomic E-state index is -1.04. The maximum Gasteiger partial charge on any atom is 0.226 e. The van der Waals surface area contributed by atoms with E-state index in [0.717, 1.165) is 17.3 Å². The smallest absolute Gasteiger partial charge is 0.226 e. The average molecular weight is 452 g/mol. The second-order valence-corrected chi connectivity index (χ2v) is 8.21. The summed E-state index contributed by atoms with van der Waals surface area (Å²) in [5, 5.41) is 30.8. The fourth-order valence-corrected chi connectivity index (χ4v) is 4.01. The quantitative estimate of drug-likeness (QED) is 0.615. The first kappa shape index (κ1) is 22.5. The van der Waals surface area contributed by atoms with Crippen LogP contribution in [0, 0.1) is 23.0 Å². The van der Waals surface area contributed by atoms with Gasteiger partial charge >= 0.3 is 0 Å². The molecule has 33 heavy (non-hydrogen) atoms. The van der Waals surface area contributed by atoms with E-state index in [1.807, 2.05) is 24.3 Å². The summed E-state index contributed by atoms with van der Waals surface area (Å²) in [5.74, 6) is -1.80. The van der Waals surface area contributed by atoms with E-state index in [1.54, 1.807) is 4.90 Å². The molecule has 170 valence electrons. The van der Waals surface area contributed by atoms with E-state index in [2.05, 4.69) is 15.5 Å². The Morgan fingerprint density at radius 3 is 2.52 bits per heavy atom. The van der Waals surface area contributed by atoms with Crippen molar-refractivity contribution in [2.24, 2.45) is 0 Å². The molecule has 1 saturated heterocycles. The molecule has 1 amide bonds. The van der Waals surface area contributed by atoms with Crippen LogP contribution in [0.25, 0.3) is 5.69 Å². The molecule has 2 aromatic carbocycles. The van der Waals surface area contributed by atoms with Crippen LogP contribution in [0.15, 0.2) is 42.7 Å². The van der Waals surface area contributed by atoms with Crippen LogP contribution in [-0.2, 0) is 17.6 Å². The number of hydrogen-bond acceptors (Lipinski definition) is 6. The van der Waals surface area contributed by atoms with Crippen LogP contribution < -0.4 is 0 Å². The maximum atomic E-state index is 14.3. The number of aliphatic hydroxyl groups is 1. The van der Waals surface area contributed by atoms with E-state index >= 15 is 0 Å². The number of amides is 1. The maximum absolute atomic E-state index is 14.3. The van der Waals surface area contributed by atoms with Crippen LogP contribution in [0.3, 0.4) is 0 Å². The minimum Gasteiger partial charge on any atom is -0.390 e. The van der Waals surface area contributed by atoms with E-state index in [1.165, 1.54) is 23.1 Å². The molecule has 0 aliphatic carbocycles. The van der Waals surface area contributed by atoms with E-state index in [9.17, 15) is 18.7 Å². The topological polar surface area (TPSA) is 108 Å².